The van der Waals surface area contributed by atoms with E-state index in [2.05, 4.69) is 6.58 Å². The summed E-state index contributed by atoms with van der Waals surface area (Å²) in [7, 11) is 0. The number of fused-ring (bicyclic) bond motifs is 1. The Kier molecular flexibility index (Phi) is 4.10. The lowest BCUT2D eigenvalue weighted by atomic mass is 10.1. The SMILES string of the molecule is C=CCSCCN1CC(=O)N2CCCC2C1=O. The maximum Gasteiger partial charge on any atom is 0.245 e. The van der Waals surface area contributed by atoms with Crippen molar-refractivity contribution in [1.82, 2.24) is 9.80 Å². The average Bonchev–Trinajstić information content (AvgIpc) is 2.80. The van der Waals surface area contributed by atoms with Gasteiger partial charge in [0, 0.05) is 24.6 Å². The van der Waals surface area contributed by atoms with Crippen LogP contribution in [0.3, 0.4) is 0 Å². The minimum atomic E-state index is -0.166. The monoisotopic (exact) mass is 254 g/mol. The summed E-state index contributed by atoms with van der Waals surface area (Å²) in [5.74, 6) is 2.02. The van der Waals surface area contributed by atoms with Gasteiger partial charge in [0.15, 0.2) is 0 Å². The van der Waals surface area contributed by atoms with Crippen LogP contribution in [0, 0.1) is 0 Å². The van der Waals surface area contributed by atoms with Crippen LogP contribution in [0.15, 0.2) is 12.7 Å². The molecule has 0 aliphatic carbocycles. The van der Waals surface area contributed by atoms with E-state index in [4.69, 9.17) is 0 Å². The van der Waals surface area contributed by atoms with Crippen molar-refractivity contribution in [2.24, 2.45) is 0 Å². The smallest absolute Gasteiger partial charge is 0.245 e. The van der Waals surface area contributed by atoms with Gasteiger partial charge in [-0.2, -0.15) is 11.8 Å². The van der Waals surface area contributed by atoms with E-state index in [9.17, 15) is 9.59 Å². The summed E-state index contributed by atoms with van der Waals surface area (Å²) in [5.41, 5.74) is 0. The lowest BCUT2D eigenvalue weighted by Crippen LogP contribution is -2.57. The Bertz CT molecular complexity index is 332. The van der Waals surface area contributed by atoms with Gasteiger partial charge in [-0.3, -0.25) is 9.59 Å². The summed E-state index contributed by atoms with van der Waals surface area (Å²) >= 11 is 1.74. The molecule has 2 heterocycles. The molecule has 2 aliphatic rings. The zero-order valence-electron chi connectivity index (χ0n) is 9.93. The zero-order valence-corrected chi connectivity index (χ0v) is 10.7. The van der Waals surface area contributed by atoms with E-state index in [-0.39, 0.29) is 24.4 Å². The highest BCUT2D eigenvalue weighted by molar-refractivity contribution is 7.99. The third-order valence-electron chi connectivity index (χ3n) is 3.24. The molecule has 2 saturated heterocycles. The number of hydrogen-bond donors (Lipinski definition) is 0. The number of hydrogen-bond acceptors (Lipinski definition) is 3. The maximum absolute atomic E-state index is 12.1. The molecule has 0 aromatic carbocycles. The molecule has 0 bridgehead atoms. The first-order valence-corrected chi connectivity index (χ1v) is 7.16. The van der Waals surface area contributed by atoms with Gasteiger partial charge < -0.3 is 9.80 Å². The van der Waals surface area contributed by atoms with Gasteiger partial charge in [0.1, 0.15) is 6.04 Å². The summed E-state index contributed by atoms with van der Waals surface area (Å²) in [6.07, 6.45) is 3.65. The van der Waals surface area contributed by atoms with Gasteiger partial charge in [-0.05, 0) is 12.8 Å². The van der Waals surface area contributed by atoms with Gasteiger partial charge in [-0.1, -0.05) is 6.08 Å². The second kappa shape index (κ2) is 5.58. The standard InChI is InChI=1S/C12H18N2O2S/c1-2-7-17-8-6-13-9-11(15)14-5-3-4-10(14)12(13)16/h2,10H,1,3-9H2. The molecule has 2 aliphatic heterocycles. The second-order valence-electron chi connectivity index (χ2n) is 4.37. The first-order valence-electron chi connectivity index (χ1n) is 6.01. The number of carbonyl (C=O) groups is 2. The van der Waals surface area contributed by atoms with Crippen LogP contribution >= 0.6 is 11.8 Å². The molecule has 17 heavy (non-hydrogen) atoms. The van der Waals surface area contributed by atoms with Gasteiger partial charge in [-0.25, -0.2) is 0 Å². The highest BCUT2D eigenvalue weighted by atomic mass is 32.2. The van der Waals surface area contributed by atoms with Crippen LogP contribution in [0.2, 0.25) is 0 Å². The number of thioether (sulfide) groups is 1. The lowest BCUT2D eigenvalue weighted by molar-refractivity contribution is -0.153. The van der Waals surface area contributed by atoms with E-state index in [1.807, 2.05) is 6.08 Å². The molecule has 1 unspecified atom stereocenters. The van der Waals surface area contributed by atoms with Crippen molar-refractivity contribution in [3.63, 3.8) is 0 Å². The van der Waals surface area contributed by atoms with Gasteiger partial charge in [0.25, 0.3) is 0 Å². The largest absolute Gasteiger partial charge is 0.331 e. The Morgan fingerprint density at radius 2 is 2.29 bits per heavy atom. The Morgan fingerprint density at radius 1 is 1.47 bits per heavy atom. The van der Waals surface area contributed by atoms with Crippen LogP contribution in [-0.4, -0.2) is 58.8 Å². The van der Waals surface area contributed by atoms with Crippen molar-refractivity contribution in [2.45, 2.75) is 18.9 Å². The summed E-state index contributed by atoms with van der Waals surface area (Å²) in [6, 6.07) is -0.166. The first kappa shape index (κ1) is 12.5. The molecule has 5 heteroatoms. The second-order valence-corrected chi connectivity index (χ2v) is 5.52. The molecule has 0 radical (unpaired) electrons. The van der Waals surface area contributed by atoms with Crippen LogP contribution < -0.4 is 0 Å². The van der Waals surface area contributed by atoms with Crippen molar-refractivity contribution < 1.29 is 9.59 Å². The fourth-order valence-corrected chi connectivity index (χ4v) is 3.08. The average molecular weight is 254 g/mol. The summed E-state index contributed by atoms with van der Waals surface area (Å²) in [5, 5.41) is 0. The normalized spacial score (nSPS) is 24.1. The van der Waals surface area contributed by atoms with E-state index in [0.717, 1.165) is 30.9 Å². The maximum atomic E-state index is 12.1. The highest BCUT2D eigenvalue weighted by Gasteiger charge is 2.41. The van der Waals surface area contributed by atoms with E-state index in [1.54, 1.807) is 21.6 Å². The van der Waals surface area contributed by atoms with Gasteiger partial charge >= 0.3 is 0 Å². The number of nitrogens with zero attached hydrogens (tertiary/aromatic N) is 2. The van der Waals surface area contributed by atoms with Crippen molar-refractivity contribution in [1.29, 1.82) is 0 Å². The highest BCUT2D eigenvalue weighted by Crippen LogP contribution is 2.23. The summed E-state index contributed by atoms with van der Waals surface area (Å²) < 4.78 is 0. The molecule has 1 atom stereocenters. The minimum absolute atomic E-state index is 0.112. The van der Waals surface area contributed by atoms with E-state index in [1.165, 1.54) is 0 Å². The van der Waals surface area contributed by atoms with Crippen molar-refractivity contribution in [3.8, 4) is 0 Å². The van der Waals surface area contributed by atoms with E-state index in [0.29, 0.717) is 6.54 Å². The topological polar surface area (TPSA) is 40.6 Å². The van der Waals surface area contributed by atoms with Gasteiger partial charge in [0.2, 0.25) is 11.8 Å². The molecule has 2 amide bonds. The quantitative estimate of drug-likeness (QED) is 0.537. The molecule has 2 fully saturated rings. The summed E-state index contributed by atoms with van der Waals surface area (Å²) in [6.45, 7) is 5.35. The Hall–Kier alpha value is -0.970. The van der Waals surface area contributed by atoms with Crippen LogP contribution in [0.1, 0.15) is 12.8 Å². The molecule has 0 N–H and O–H groups in total. The van der Waals surface area contributed by atoms with Crippen LogP contribution in [0.25, 0.3) is 0 Å². The lowest BCUT2D eigenvalue weighted by Gasteiger charge is -2.36. The number of piperazine rings is 1. The Labute approximate surface area is 106 Å². The van der Waals surface area contributed by atoms with Gasteiger partial charge in [-0.15, -0.1) is 6.58 Å². The van der Waals surface area contributed by atoms with E-state index >= 15 is 0 Å². The van der Waals surface area contributed by atoms with Crippen molar-refractivity contribution in [2.75, 3.05) is 31.1 Å². The minimum Gasteiger partial charge on any atom is -0.331 e. The van der Waals surface area contributed by atoms with Crippen LogP contribution in [0.4, 0.5) is 0 Å². The number of rotatable bonds is 5. The fraction of sp³-hybridized carbons (Fsp3) is 0.667. The molecular formula is C12H18N2O2S. The predicted molar refractivity (Wildman–Crippen MR) is 68.8 cm³/mol. The molecule has 0 saturated carbocycles. The molecule has 4 nitrogen and oxygen atoms in total. The molecule has 94 valence electrons. The predicted octanol–water partition coefficient (Wildman–Crippen LogP) is 0.739. The fourth-order valence-electron chi connectivity index (χ4n) is 2.40. The van der Waals surface area contributed by atoms with E-state index < -0.39 is 0 Å². The third-order valence-corrected chi connectivity index (χ3v) is 4.18. The molecule has 0 spiro atoms. The molecule has 0 aromatic rings. The zero-order chi connectivity index (χ0) is 12.3. The van der Waals surface area contributed by atoms with Crippen LogP contribution in [-0.2, 0) is 9.59 Å². The van der Waals surface area contributed by atoms with Crippen molar-refractivity contribution in [3.05, 3.63) is 12.7 Å². The number of amides is 2. The molecule has 0 aromatic heterocycles. The Balaban J connectivity index is 1.88. The first-order chi connectivity index (χ1) is 8.24. The third kappa shape index (κ3) is 2.65. The van der Waals surface area contributed by atoms with Crippen molar-refractivity contribution >= 4 is 23.6 Å². The van der Waals surface area contributed by atoms with Gasteiger partial charge in [0.05, 0.1) is 6.54 Å². The Morgan fingerprint density at radius 3 is 3.06 bits per heavy atom. The summed E-state index contributed by atoms with van der Waals surface area (Å²) in [4.78, 5) is 27.4. The number of carbonyl (C=O) groups excluding carboxylic acids is 2. The van der Waals surface area contributed by atoms with Crippen LogP contribution in [0.5, 0.6) is 0 Å². The molecule has 2 rings (SSSR count). The molecular weight excluding hydrogens is 236 g/mol.